The van der Waals surface area contributed by atoms with Crippen LogP contribution in [0.1, 0.15) is 42.3 Å². The molecule has 3 rings (SSSR count). The van der Waals surface area contributed by atoms with Gasteiger partial charge in [0.25, 0.3) is 0 Å². The minimum absolute atomic E-state index is 0.626. The molecule has 0 saturated heterocycles. The summed E-state index contributed by atoms with van der Waals surface area (Å²) in [5.74, 6) is 0. The molecule has 1 aliphatic heterocycles. The van der Waals surface area contributed by atoms with Gasteiger partial charge in [-0.2, -0.15) is 5.10 Å². The molecule has 0 spiro atoms. The van der Waals surface area contributed by atoms with Gasteiger partial charge in [-0.15, -0.1) is 0 Å². The summed E-state index contributed by atoms with van der Waals surface area (Å²) in [6.07, 6.45) is 3.90. The van der Waals surface area contributed by atoms with Crippen LogP contribution in [-0.2, 0) is 19.6 Å². The zero-order valence-electron chi connectivity index (χ0n) is 8.29. The van der Waals surface area contributed by atoms with E-state index in [1.54, 1.807) is 0 Å². The fraction of sp³-hybridized carbons (Fsp3) is 0.700. The number of aromatic nitrogens is 2. The van der Waals surface area contributed by atoms with Crippen molar-refractivity contribution in [3.8, 4) is 0 Å². The highest BCUT2D eigenvalue weighted by Crippen LogP contribution is 2.34. The first-order valence-corrected chi connectivity index (χ1v) is 5.40. The van der Waals surface area contributed by atoms with Gasteiger partial charge in [0.2, 0.25) is 0 Å². The van der Waals surface area contributed by atoms with E-state index in [1.165, 1.54) is 36.2 Å². The summed E-state index contributed by atoms with van der Waals surface area (Å²) in [5, 5.41) is 7.97. The summed E-state index contributed by atoms with van der Waals surface area (Å²) >= 11 is 0. The van der Waals surface area contributed by atoms with Crippen LogP contribution >= 0.6 is 0 Å². The Morgan fingerprint density at radius 2 is 2.29 bits per heavy atom. The summed E-state index contributed by atoms with van der Waals surface area (Å²) in [5.41, 5.74) is 9.64. The third-order valence-electron chi connectivity index (χ3n) is 3.41. The average molecular weight is 192 g/mol. The number of nitrogens with one attached hydrogen (secondary N) is 1. The van der Waals surface area contributed by atoms with Crippen molar-refractivity contribution in [2.75, 3.05) is 0 Å². The standard InChI is InChI=1S/C10H16N4/c11-4-10-8-5-12-6-9(8)13-14(10)7-2-1-3-7/h7,12H,1-6,11H2. The topological polar surface area (TPSA) is 55.9 Å². The van der Waals surface area contributed by atoms with Gasteiger partial charge in [-0.3, -0.25) is 4.68 Å². The van der Waals surface area contributed by atoms with Crippen LogP contribution in [0.2, 0.25) is 0 Å². The summed E-state index contributed by atoms with van der Waals surface area (Å²) < 4.78 is 2.19. The molecule has 1 aromatic rings. The number of hydrogen-bond donors (Lipinski definition) is 2. The first-order valence-electron chi connectivity index (χ1n) is 5.40. The SMILES string of the molecule is NCc1c2c(nn1C1CCC1)CNC2. The summed E-state index contributed by atoms with van der Waals surface area (Å²) in [6.45, 7) is 2.50. The van der Waals surface area contributed by atoms with Gasteiger partial charge in [-0.25, -0.2) is 0 Å². The summed E-state index contributed by atoms with van der Waals surface area (Å²) in [6, 6.07) is 0.638. The quantitative estimate of drug-likeness (QED) is 0.724. The van der Waals surface area contributed by atoms with Gasteiger partial charge >= 0.3 is 0 Å². The van der Waals surface area contributed by atoms with E-state index in [0.717, 1.165) is 13.1 Å². The number of nitrogens with zero attached hydrogens (tertiary/aromatic N) is 2. The van der Waals surface area contributed by atoms with E-state index in [2.05, 4.69) is 15.1 Å². The van der Waals surface area contributed by atoms with Gasteiger partial charge in [-0.05, 0) is 19.3 Å². The molecule has 1 saturated carbocycles. The van der Waals surface area contributed by atoms with Gasteiger partial charge in [0, 0.05) is 25.2 Å². The van der Waals surface area contributed by atoms with E-state index < -0.39 is 0 Å². The molecule has 0 bridgehead atoms. The number of rotatable bonds is 2. The molecule has 76 valence electrons. The fourth-order valence-corrected chi connectivity index (χ4v) is 2.36. The van der Waals surface area contributed by atoms with Crippen LogP contribution in [0.25, 0.3) is 0 Å². The second-order valence-electron chi connectivity index (χ2n) is 4.21. The molecular weight excluding hydrogens is 176 g/mol. The lowest BCUT2D eigenvalue weighted by Gasteiger charge is -2.27. The Balaban J connectivity index is 2.02. The van der Waals surface area contributed by atoms with Crippen molar-refractivity contribution in [2.45, 2.75) is 44.9 Å². The van der Waals surface area contributed by atoms with E-state index in [0.29, 0.717) is 12.6 Å². The second kappa shape index (κ2) is 3.07. The summed E-state index contributed by atoms with van der Waals surface area (Å²) in [4.78, 5) is 0. The van der Waals surface area contributed by atoms with Crippen LogP contribution in [0.15, 0.2) is 0 Å². The van der Waals surface area contributed by atoms with E-state index in [9.17, 15) is 0 Å². The molecule has 2 heterocycles. The first kappa shape index (κ1) is 8.44. The molecule has 2 aliphatic rings. The molecule has 0 unspecified atom stereocenters. The van der Waals surface area contributed by atoms with Crippen LogP contribution in [0.3, 0.4) is 0 Å². The molecular formula is C10H16N4. The molecule has 3 N–H and O–H groups in total. The van der Waals surface area contributed by atoms with Crippen LogP contribution < -0.4 is 11.1 Å². The Kier molecular flexibility index (Phi) is 1.85. The van der Waals surface area contributed by atoms with Gasteiger partial charge in [0.15, 0.2) is 0 Å². The lowest BCUT2D eigenvalue weighted by Crippen LogP contribution is -2.23. The van der Waals surface area contributed by atoms with Gasteiger partial charge in [0.1, 0.15) is 0 Å². The Bertz CT molecular complexity index is 351. The van der Waals surface area contributed by atoms with Crippen LogP contribution in [-0.4, -0.2) is 9.78 Å². The van der Waals surface area contributed by atoms with Crippen molar-refractivity contribution < 1.29 is 0 Å². The van der Waals surface area contributed by atoms with Crippen molar-refractivity contribution in [3.05, 3.63) is 17.0 Å². The third-order valence-corrected chi connectivity index (χ3v) is 3.41. The molecule has 4 heteroatoms. The maximum atomic E-state index is 5.80. The Morgan fingerprint density at radius 1 is 1.43 bits per heavy atom. The van der Waals surface area contributed by atoms with Crippen LogP contribution in [0.4, 0.5) is 0 Å². The smallest absolute Gasteiger partial charge is 0.0811 e. The van der Waals surface area contributed by atoms with Gasteiger partial charge in [0.05, 0.1) is 17.4 Å². The van der Waals surface area contributed by atoms with Crippen molar-refractivity contribution in [1.29, 1.82) is 0 Å². The van der Waals surface area contributed by atoms with E-state index >= 15 is 0 Å². The van der Waals surface area contributed by atoms with Crippen molar-refractivity contribution >= 4 is 0 Å². The number of nitrogens with two attached hydrogens (primary N) is 1. The zero-order chi connectivity index (χ0) is 9.54. The normalized spacial score (nSPS) is 20.9. The van der Waals surface area contributed by atoms with E-state index in [1.807, 2.05) is 0 Å². The minimum atomic E-state index is 0.626. The van der Waals surface area contributed by atoms with Gasteiger partial charge < -0.3 is 11.1 Å². The highest BCUT2D eigenvalue weighted by molar-refractivity contribution is 5.30. The molecule has 0 aromatic carbocycles. The molecule has 1 aliphatic carbocycles. The predicted molar refractivity (Wildman–Crippen MR) is 53.6 cm³/mol. The second-order valence-corrected chi connectivity index (χ2v) is 4.21. The Hall–Kier alpha value is -0.870. The highest BCUT2D eigenvalue weighted by Gasteiger charge is 2.27. The van der Waals surface area contributed by atoms with Crippen LogP contribution in [0, 0.1) is 0 Å². The third kappa shape index (κ3) is 1.04. The molecule has 0 atom stereocenters. The summed E-state index contributed by atoms with van der Waals surface area (Å²) in [7, 11) is 0. The lowest BCUT2D eigenvalue weighted by molar-refractivity contribution is 0.280. The largest absolute Gasteiger partial charge is 0.325 e. The molecule has 1 fully saturated rings. The maximum Gasteiger partial charge on any atom is 0.0811 e. The zero-order valence-corrected chi connectivity index (χ0v) is 8.29. The molecule has 4 nitrogen and oxygen atoms in total. The van der Waals surface area contributed by atoms with Gasteiger partial charge in [-0.1, -0.05) is 0 Å². The molecule has 0 amide bonds. The van der Waals surface area contributed by atoms with E-state index in [4.69, 9.17) is 5.73 Å². The average Bonchev–Trinajstić information content (AvgIpc) is 2.60. The Labute approximate surface area is 83.5 Å². The highest BCUT2D eigenvalue weighted by atomic mass is 15.3. The molecule has 14 heavy (non-hydrogen) atoms. The van der Waals surface area contributed by atoms with Crippen LogP contribution in [0.5, 0.6) is 0 Å². The number of fused-ring (bicyclic) bond motifs is 1. The molecule has 0 radical (unpaired) electrons. The van der Waals surface area contributed by atoms with Crippen molar-refractivity contribution in [1.82, 2.24) is 15.1 Å². The Morgan fingerprint density at radius 3 is 2.93 bits per heavy atom. The van der Waals surface area contributed by atoms with E-state index in [-0.39, 0.29) is 0 Å². The maximum absolute atomic E-state index is 5.80. The fourth-order valence-electron chi connectivity index (χ4n) is 2.36. The predicted octanol–water partition coefficient (Wildman–Crippen LogP) is 0.670. The van der Waals surface area contributed by atoms with Crippen molar-refractivity contribution in [2.24, 2.45) is 5.73 Å². The first-order chi connectivity index (χ1) is 6.90. The molecule has 1 aromatic heterocycles. The number of hydrogen-bond acceptors (Lipinski definition) is 3. The monoisotopic (exact) mass is 192 g/mol. The minimum Gasteiger partial charge on any atom is -0.325 e. The lowest BCUT2D eigenvalue weighted by atomic mass is 9.93. The van der Waals surface area contributed by atoms with Crippen molar-refractivity contribution in [3.63, 3.8) is 0 Å².